The molecular weight excluding hydrogens is 664 g/mol. The molecule has 5 aromatic carbocycles. The summed E-state index contributed by atoms with van der Waals surface area (Å²) in [5, 5.41) is 0.745. The van der Waals surface area contributed by atoms with E-state index in [4.69, 9.17) is 23.7 Å². The van der Waals surface area contributed by atoms with E-state index in [0.717, 1.165) is 33.1 Å². The maximum Gasteiger partial charge on any atom is 0.117 e. The van der Waals surface area contributed by atoms with Gasteiger partial charge in [-0.2, -0.15) is 0 Å². The van der Waals surface area contributed by atoms with E-state index in [1.807, 2.05) is 72.8 Å². The molecule has 5 aromatic rings. The second kappa shape index (κ2) is 17.7. The number of halogens is 1. The second-order valence-electron chi connectivity index (χ2n) is 12.2. The summed E-state index contributed by atoms with van der Waals surface area (Å²) >= 11 is 3.69. The van der Waals surface area contributed by atoms with Crippen LogP contribution in [0.3, 0.4) is 0 Å². The molecule has 6 heteroatoms. The van der Waals surface area contributed by atoms with Gasteiger partial charge >= 0.3 is 0 Å². The van der Waals surface area contributed by atoms with Gasteiger partial charge in [0.05, 0.1) is 33.0 Å². The number of hydrogen-bond donors (Lipinski definition) is 0. The van der Waals surface area contributed by atoms with Crippen LogP contribution in [0.1, 0.15) is 45.0 Å². The van der Waals surface area contributed by atoms with Gasteiger partial charge in [0.1, 0.15) is 30.5 Å². The lowest BCUT2D eigenvalue weighted by Crippen LogP contribution is -2.58. The standard InChI is InChI=1S/C42H43BrO5/c1-31-22-23-36(24-37(31)25-43)39-41(46-28-34-18-10-4-11-19-34)42(47-29-35-20-12-5-13-21-35)40(45-27-33-16-8-3-9-17-33)38(48-39)30-44-26-32-14-6-2-7-15-32/h2-24,38-42H,25-30H2,1H3/t38-,39?,40-,41+,42+/m1/s1. The van der Waals surface area contributed by atoms with E-state index < -0.39 is 30.5 Å². The maximum absolute atomic E-state index is 7.06. The molecule has 0 saturated carbocycles. The summed E-state index contributed by atoms with van der Waals surface area (Å²) in [7, 11) is 0. The number of alkyl halides is 1. The quantitative estimate of drug-likeness (QED) is 0.102. The van der Waals surface area contributed by atoms with E-state index in [-0.39, 0.29) is 0 Å². The Labute approximate surface area is 292 Å². The van der Waals surface area contributed by atoms with Gasteiger partial charge in [0.15, 0.2) is 0 Å². The van der Waals surface area contributed by atoms with E-state index >= 15 is 0 Å². The molecule has 48 heavy (non-hydrogen) atoms. The Balaban J connectivity index is 1.36. The topological polar surface area (TPSA) is 46.2 Å². The molecule has 6 rings (SSSR count). The molecule has 1 heterocycles. The van der Waals surface area contributed by atoms with E-state index in [1.54, 1.807) is 0 Å². The third kappa shape index (κ3) is 9.29. The minimum Gasteiger partial charge on any atom is -0.374 e. The number of benzene rings is 5. The van der Waals surface area contributed by atoms with Gasteiger partial charge in [-0.15, -0.1) is 0 Å². The smallest absolute Gasteiger partial charge is 0.117 e. The highest BCUT2D eigenvalue weighted by molar-refractivity contribution is 9.08. The van der Waals surface area contributed by atoms with E-state index in [9.17, 15) is 0 Å². The van der Waals surface area contributed by atoms with E-state index in [2.05, 4.69) is 89.6 Å². The highest BCUT2D eigenvalue weighted by Gasteiger charge is 2.49. The number of ether oxygens (including phenoxy) is 5. The lowest BCUT2D eigenvalue weighted by atomic mass is 9.89. The summed E-state index contributed by atoms with van der Waals surface area (Å²) in [6, 6.07) is 47.4. The Bertz CT molecular complexity index is 1650. The van der Waals surface area contributed by atoms with Crippen molar-refractivity contribution >= 4 is 15.9 Å². The van der Waals surface area contributed by atoms with Gasteiger partial charge in [-0.25, -0.2) is 0 Å². The molecule has 1 fully saturated rings. The van der Waals surface area contributed by atoms with Crippen LogP contribution in [0.5, 0.6) is 0 Å². The first-order valence-corrected chi connectivity index (χ1v) is 17.7. The Morgan fingerprint density at radius 1 is 0.542 bits per heavy atom. The van der Waals surface area contributed by atoms with Crippen molar-refractivity contribution in [3.05, 3.63) is 178 Å². The first-order valence-electron chi connectivity index (χ1n) is 16.6. The molecule has 0 aliphatic carbocycles. The molecular formula is C42H43BrO5. The van der Waals surface area contributed by atoms with Crippen molar-refractivity contribution in [2.75, 3.05) is 6.61 Å². The van der Waals surface area contributed by atoms with Crippen molar-refractivity contribution in [1.82, 2.24) is 0 Å². The largest absolute Gasteiger partial charge is 0.374 e. The average molecular weight is 708 g/mol. The maximum atomic E-state index is 7.06. The molecule has 0 bridgehead atoms. The lowest BCUT2D eigenvalue weighted by molar-refractivity contribution is -0.275. The molecule has 1 aliphatic rings. The predicted molar refractivity (Wildman–Crippen MR) is 193 cm³/mol. The van der Waals surface area contributed by atoms with Gasteiger partial charge in [0.2, 0.25) is 0 Å². The monoisotopic (exact) mass is 706 g/mol. The third-order valence-corrected chi connectivity index (χ3v) is 9.33. The zero-order chi connectivity index (χ0) is 33.0. The van der Waals surface area contributed by atoms with Crippen molar-refractivity contribution in [2.45, 2.75) is 69.2 Å². The molecule has 0 N–H and O–H groups in total. The van der Waals surface area contributed by atoms with E-state index in [0.29, 0.717) is 33.0 Å². The van der Waals surface area contributed by atoms with Crippen LogP contribution in [0.15, 0.2) is 140 Å². The van der Waals surface area contributed by atoms with Crippen molar-refractivity contribution < 1.29 is 23.7 Å². The molecule has 0 aromatic heterocycles. The molecule has 0 spiro atoms. The van der Waals surface area contributed by atoms with E-state index in [1.165, 1.54) is 11.1 Å². The molecule has 1 unspecified atom stereocenters. The summed E-state index contributed by atoms with van der Waals surface area (Å²) < 4.78 is 34.0. The molecule has 5 atom stereocenters. The van der Waals surface area contributed by atoms with Crippen LogP contribution in [-0.2, 0) is 55.4 Å². The number of hydrogen-bond acceptors (Lipinski definition) is 5. The molecule has 0 amide bonds. The molecule has 5 nitrogen and oxygen atoms in total. The minimum atomic E-state index is -0.470. The SMILES string of the molecule is Cc1ccc(C2O[C@H](COCc3ccccc3)[C@@H](OCc3ccccc3)[C@H](OCc3ccccc3)[C@H]2OCc2ccccc2)cc1CBr. The van der Waals surface area contributed by atoms with Crippen molar-refractivity contribution in [3.8, 4) is 0 Å². The zero-order valence-corrected chi connectivity index (χ0v) is 28.9. The Morgan fingerprint density at radius 2 is 1.00 bits per heavy atom. The van der Waals surface area contributed by atoms with Crippen LogP contribution in [0.25, 0.3) is 0 Å². The van der Waals surface area contributed by atoms with Crippen LogP contribution in [0.2, 0.25) is 0 Å². The van der Waals surface area contributed by atoms with Gasteiger partial charge in [-0.05, 0) is 45.9 Å². The predicted octanol–water partition coefficient (Wildman–Crippen LogP) is 9.30. The Kier molecular flexibility index (Phi) is 12.6. The fraction of sp³-hybridized carbons (Fsp3) is 0.286. The third-order valence-electron chi connectivity index (χ3n) is 8.73. The molecule has 1 saturated heterocycles. The van der Waals surface area contributed by atoms with Crippen LogP contribution < -0.4 is 0 Å². The summed E-state index contributed by atoms with van der Waals surface area (Å²) in [5.41, 5.74) is 7.81. The number of rotatable bonds is 15. The lowest BCUT2D eigenvalue weighted by Gasteiger charge is -2.46. The van der Waals surface area contributed by atoms with Crippen LogP contribution in [0.4, 0.5) is 0 Å². The summed E-state index contributed by atoms with van der Waals surface area (Å²) in [6.45, 7) is 4.16. The Hall–Kier alpha value is -3.62. The molecule has 248 valence electrons. The minimum absolute atomic E-state index is 0.332. The summed E-state index contributed by atoms with van der Waals surface area (Å²) in [5.74, 6) is 0. The van der Waals surface area contributed by atoms with Crippen LogP contribution in [0, 0.1) is 6.92 Å². The normalized spacial score (nSPS) is 20.8. The van der Waals surface area contributed by atoms with Crippen molar-refractivity contribution in [1.29, 1.82) is 0 Å². The van der Waals surface area contributed by atoms with Crippen LogP contribution >= 0.6 is 15.9 Å². The highest BCUT2D eigenvalue weighted by atomic mass is 79.9. The van der Waals surface area contributed by atoms with Crippen molar-refractivity contribution in [3.63, 3.8) is 0 Å². The van der Waals surface area contributed by atoms with Gasteiger partial charge in [-0.3, -0.25) is 0 Å². The first kappa shape index (κ1) is 34.3. The Morgan fingerprint density at radius 3 is 1.50 bits per heavy atom. The average Bonchev–Trinajstić information content (AvgIpc) is 3.14. The fourth-order valence-electron chi connectivity index (χ4n) is 6.07. The molecule has 1 aliphatic heterocycles. The van der Waals surface area contributed by atoms with Crippen LogP contribution in [-0.4, -0.2) is 31.0 Å². The zero-order valence-electron chi connectivity index (χ0n) is 27.3. The molecule has 0 radical (unpaired) electrons. The first-order chi connectivity index (χ1) is 23.7. The number of aryl methyl sites for hydroxylation is 1. The van der Waals surface area contributed by atoms with Gasteiger partial charge in [-0.1, -0.05) is 155 Å². The highest BCUT2D eigenvalue weighted by Crippen LogP contribution is 2.39. The summed E-state index contributed by atoms with van der Waals surface area (Å²) in [6.07, 6.45) is -2.24. The van der Waals surface area contributed by atoms with Gasteiger partial charge < -0.3 is 23.7 Å². The summed E-state index contributed by atoms with van der Waals surface area (Å²) in [4.78, 5) is 0. The second-order valence-corrected chi connectivity index (χ2v) is 12.8. The fourth-order valence-corrected chi connectivity index (χ4v) is 6.67. The van der Waals surface area contributed by atoms with Gasteiger partial charge in [0, 0.05) is 5.33 Å². The van der Waals surface area contributed by atoms with Crippen molar-refractivity contribution in [2.24, 2.45) is 0 Å². The van der Waals surface area contributed by atoms with Gasteiger partial charge in [0.25, 0.3) is 0 Å².